The average molecular weight is 444 g/mol. The minimum Gasteiger partial charge on any atom is -0.478 e. The molecular weight excluding hydrogens is 423 g/mol. The fourth-order valence-corrected chi connectivity index (χ4v) is 4.53. The summed E-state index contributed by atoms with van der Waals surface area (Å²) < 4.78 is 40.7. The van der Waals surface area contributed by atoms with Crippen LogP contribution >= 0.6 is 0 Å². The van der Waals surface area contributed by atoms with Crippen LogP contribution in [0.4, 0.5) is 15.9 Å². The molecule has 0 atom stereocenters. The van der Waals surface area contributed by atoms with Crippen LogP contribution in [0.3, 0.4) is 0 Å². The fraction of sp³-hybridized carbons (Fsp3) is 0.238. The van der Waals surface area contributed by atoms with Gasteiger partial charge < -0.3 is 14.9 Å². The zero-order valence-corrected chi connectivity index (χ0v) is 17.6. The number of carboxylic acids is 1. The van der Waals surface area contributed by atoms with Crippen LogP contribution in [0.15, 0.2) is 53.4 Å². The summed E-state index contributed by atoms with van der Waals surface area (Å²) in [5.41, 5.74) is 0.689. The number of rotatable bonds is 5. The number of aromatic nitrogens is 1. The highest BCUT2D eigenvalue weighted by Gasteiger charge is 2.20. The molecule has 1 aliphatic rings. The number of carbonyl (C=O) groups is 1. The number of sulfonamides is 1. The summed E-state index contributed by atoms with van der Waals surface area (Å²) in [5, 5.41) is 10.1. The smallest absolute Gasteiger partial charge is 0.336 e. The van der Waals surface area contributed by atoms with Gasteiger partial charge in [0.05, 0.1) is 16.0 Å². The van der Waals surface area contributed by atoms with Crippen molar-refractivity contribution in [3.63, 3.8) is 0 Å². The van der Waals surface area contributed by atoms with Crippen molar-refractivity contribution >= 4 is 38.4 Å². The zero-order valence-electron chi connectivity index (χ0n) is 16.7. The van der Waals surface area contributed by atoms with E-state index < -0.39 is 21.8 Å². The van der Waals surface area contributed by atoms with Crippen molar-refractivity contribution in [2.24, 2.45) is 0 Å². The second-order valence-electron chi connectivity index (χ2n) is 7.41. The Labute approximate surface area is 179 Å². The molecule has 0 radical (unpaired) electrons. The molecule has 0 amide bonds. The molecule has 1 fully saturated rings. The summed E-state index contributed by atoms with van der Waals surface area (Å²) in [6, 6.07) is 10.5. The molecule has 10 heteroatoms. The van der Waals surface area contributed by atoms with Gasteiger partial charge in [-0.15, -0.1) is 0 Å². The van der Waals surface area contributed by atoms with E-state index in [1.54, 1.807) is 6.07 Å². The molecule has 0 aliphatic carbocycles. The van der Waals surface area contributed by atoms with Crippen LogP contribution in [0.2, 0.25) is 0 Å². The Bertz CT molecular complexity index is 1240. The SMILES string of the molecule is CN1CCN(c2cc(C(=O)O)c3cc(NS(=O)(=O)c4ccc(F)cc4)ccc3n2)CC1. The predicted octanol–water partition coefficient (Wildman–Crippen LogP) is 2.62. The molecule has 2 heterocycles. The molecular formula is C21H21FN4O4S. The normalized spacial score (nSPS) is 15.2. The Morgan fingerprint density at radius 3 is 2.39 bits per heavy atom. The molecule has 0 spiro atoms. The molecule has 3 aromatic rings. The lowest BCUT2D eigenvalue weighted by molar-refractivity contribution is 0.0699. The van der Waals surface area contributed by atoms with Gasteiger partial charge in [0.1, 0.15) is 11.6 Å². The predicted molar refractivity (Wildman–Crippen MR) is 116 cm³/mol. The Kier molecular flexibility index (Phi) is 5.50. The minimum absolute atomic E-state index is 0.0433. The van der Waals surface area contributed by atoms with Crippen molar-refractivity contribution in [1.82, 2.24) is 9.88 Å². The molecule has 2 N–H and O–H groups in total. The van der Waals surface area contributed by atoms with Crippen LogP contribution in [0.25, 0.3) is 10.9 Å². The molecule has 31 heavy (non-hydrogen) atoms. The number of benzene rings is 2. The van der Waals surface area contributed by atoms with Gasteiger partial charge in [-0.2, -0.15) is 0 Å². The number of aromatic carboxylic acids is 1. The van der Waals surface area contributed by atoms with Crippen LogP contribution < -0.4 is 9.62 Å². The van der Waals surface area contributed by atoms with Crippen molar-refractivity contribution in [3.8, 4) is 0 Å². The topological polar surface area (TPSA) is 103 Å². The minimum atomic E-state index is -3.96. The molecule has 1 saturated heterocycles. The zero-order chi connectivity index (χ0) is 22.2. The number of nitrogens with one attached hydrogen (secondary N) is 1. The van der Waals surface area contributed by atoms with E-state index in [2.05, 4.69) is 14.6 Å². The number of halogens is 1. The van der Waals surface area contributed by atoms with Gasteiger partial charge in [0, 0.05) is 37.3 Å². The number of anilines is 2. The number of likely N-dealkylation sites (N-methyl/N-ethyl adjacent to an activating group) is 1. The van der Waals surface area contributed by atoms with Gasteiger partial charge in [0.25, 0.3) is 10.0 Å². The molecule has 0 unspecified atom stereocenters. The number of fused-ring (bicyclic) bond motifs is 1. The molecule has 1 aromatic heterocycles. The summed E-state index contributed by atoms with van der Waals surface area (Å²) >= 11 is 0. The van der Waals surface area contributed by atoms with Gasteiger partial charge in [-0.25, -0.2) is 22.6 Å². The average Bonchev–Trinajstić information content (AvgIpc) is 2.73. The second-order valence-corrected chi connectivity index (χ2v) is 9.10. The Morgan fingerprint density at radius 2 is 1.74 bits per heavy atom. The van der Waals surface area contributed by atoms with E-state index in [1.807, 2.05) is 11.9 Å². The van der Waals surface area contributed by atoms with Crippen molar-refractivity contribution < 1.29 is 22.7 Å². The quantitative estimate of drug-likeness (QED) is 0.624. The highest BCUT2D eigenvalue weighted by molar-refractivity contribution is 7.92. The lowest BCUT2D eigenvalue weighted by Crippen LogP contribution is -2.44. The van der Waals surface area contributed by atoms with E-state index in [-0.39, 0.29) is 16.1 Å². The third-order valence-electron chi connectivity index (χ3n) is 5.23. The van der Waals surface area contributed by atoms with Gasteiger partial charge in [-0.3, -0.25) is 4.72 Å². The van der Waals surface area contributed by atoms with Crippen molar-refractivity contribution in [1.29, 1.82) is 0 Å². The molecule has 8 nitrogen and oxygen atoms in total. The third-order valence-corrected chi connectivity index (χ3v) is 6.63. The summed E-state index contributed by atoms with van der Waals surface area (Å²) in [4.78, 5) is 20.6. The Hall–Kier alpha value is -3.24. The molecule has 0 bridgehead atoms. The van der Waals surface area contributed by atoms with Crippen LogP contribution in [0.1, 0.15) is 10.4 Å². The lowest BCUT2D eigenvalue weighted by atomic mass is 10.1. The molecule has 4 rings (SSSR count). The van der Waals surface area contributed by atoms with Crippen LogP contribution in [-0.4, -0.2) is 62.6 Å². The van der Waals surface area contributed by atoms with E-state index in [0.717, 1.165) is 50.4 Å². The summed E-state index contributed by atoms with van der Waals surface area (Å²) in [7, 11) is -1.93. The van der Waals surface area contributed by atoms with Gasteiger partial charge in [-0.05, 0) is 55.6 Å². The first-order valence-corrected chi connectivity index (χ1v) is 11.1. The Balaban J connectivity index is 1.70. The molecule has 2 aromatic carbocycles. The number of pyridine rings is 1. The van der Waals surface area contributed by atoms with Gasteiger partial charge >= 0.3 is 5.97 Å². The second kappa shape index (κ2) is 8.12. The van der Waals surface area contributed by atoms with Crippen LogP contribution in [-0.2, 0) is 10.0 Å². The third kappa shape index (κ3) is 4.44. The van der Waals surface area contributed by atoms with Crippen LogP contribution in [0.5, 0.6) is 0 Å². The monoisotopic (exact) mass is 444 g/mol. The van der Waals surface area contributed by atoms with Gasteiger partial charge in [0.15, 0.2) is 0 Å². The number of piperazine rings is 1. The molecule has 0 saturated carbocycles. The fourth-order valence-electron chi connectivity index (χ4n) is 3.48. The van der Waals surface area contributed by atoms with Gasteiger partial charge in [-0.1, -0.05) is 0 Å². The van der Waals surface area contributed by atoms with Crippen molar-refractivity contribution in [2.45, 2.75) is 4.90 Å². The lowest BCUT2D eigenvalue weighted by Gasteiger charge is -2.33. The largest absolute Gasteiger partial charge is 0.478 e. The summed E-state index contributed by atoms with van der Waals surface area (Å²) in [6.07, 6.45) is 0. The maximum absolute atomic E-state index is 13.1. The van der Waals surface area contributed by atoms with E-state index in [1.165, 1.54) is 18.2 Å². The first-order valence-electron chi connectivity index (χ1n) is 9.63. The molecule has 162 valence electrons. The summed E-state index contributed by atoms with van der Waals surface area (Å²) in [6.45, 7) is 3.19. The maximum Gasteiger partial charge on any atom is 0.336 e. The van der Waals surface area contributed by atoms with Crippen molar-refractivity contribution in [2.75, 3.05) is 42.8 Å². The number of nitrogens with zero attached hydrogens (tertiary/aromatic N) is 3. The highest BCUT2D eigenvalue weighted by Crippen LogP contribution is 2.27. The summed E-state index contributed by atoms with van der Waals surface area (Å²) in [5.74, 6) is -1.09. The first kappa shape index (κ1) is 21.0. The van der Waals surface area contributed by atoms with E-state index >= 15 is 0 Å². The number of hydrogen-bond donors (Lipinski definition) is 2. The maximum atomic E-state index is 13.1. The van der Waals surface area contributed by atoms with E-state index in [4.69, 9.17) is 0 Å². The number of carboxylic acid groups (broad SMARTS) is 1. The van der Waals surface area contributed by atoms with Gasteiger partial charge in [0.2, 0.25) is 0 Å². The number of hydrogen-bond acceptors (Lipinski definition) is 6. The highest BCUT2D eigenvalue weighted by atomic mass is 32.2. The molecule has 1 aliphatic heterocycles. The standard InChI is InChI=1S/C21H21FN4O4S/c1-25-8-10-26(11-9-25)20-13-18(21(27)28)17-12-15(4-7-19(17)23-20)24-31(29,30)16-5-2-14(22)3-6-16/h2-7,12-13,24H,8-11H2,1H3,(H,27,28). The van der Waals surface area contributed by atoms with E-state index in [0.29, 0.717) is 16.7 Å². The van der Waals surface area contributed by atoms with Crippen LogP contribution in [0, 0.1) is 5.82 Å². The first-order chi connectivity index (χ1) is 14.7. The Morgan fingerprint density at radius 1 is 1.06 bits per heavy atom. The van der Waals surface area contributed by atoms with Crippen molar-refractivity contribution in [3.05, 3.63) is 59.9 Å². The van der Waals surface area contributed by atoms with E-state index in [9.17, 15) is 22.7 Å².